The number of hydrogen-bond donors (Lipinski definition) is 0. The lowest BCUT2D eigenvalue weighted by atomic mass is 9.99. The molecule has 1 aromatic carbocycles. The number of halogens is 1. The Morgan fingerprint density at radius 3 is 2.63 bits per heavy atom. The highest BCUT2D eigenvalue weighted by molar-refractivity contribution is 7.15. The van der Waals surface area contributed by atoms with Gasteiger partial charge in [-0.1, -0.05) is 17.7 Å². The molecule has 0 aliphatic carbocycles. The number of benzene rings is 1. The first-order valence-electron chi connectivity index (χ1n) is 9.88. The third-order valence-corrected chi connectivity index (χ3v) is 6.33. The van der Waals surface area contributed by atoms with Crippen molar-refractivity contribution in [3.05, 3.63) is 75.6 Å². The fraction of sp³-hybridized carbons (Fsp3) is 0.304. The second-order valence-electron chi connectivity index (χ2n) is 7.61. The van der Waals surface area contributed by atoms with Crippen molar-refractivity contribution < 1.29 is 9.18 Å². The number of rotatable bonds is 5. The number of aromatic nitrogens is 3. The Morgan fingerprint density at radius 2 is 1.97 bits per heavy atom. The van der Waals surface area contributed by atoms with Crippen LogP contribution in [0.4, 0.5) is 9.52 Å². The van der Waals surface area contributed by atoms with Gasteiger partial charge in [-0.15, -0.1) is 11.3 Å². The van der Waals surface area contributed by atoms with Gasteiger partial charge >= 0.3 is 0 Å². The Bertz CT molecular complexity index is 1100. The van der Waals surface area contributed by atoms with Gasteiger partial charge < -0.3 is 4.90 Å². The summed E-state index contributed by atoms with van der Waals surface area (Å²) < 4.78 is 14.1. The maximum atomic E-state index is 14.1. The van der Waals surface area contributed by atoms with Crippen molar-refractivity contribution in [2.75, 3.05) is 18.0 Å². The predicted octanol–water partition coefficient (Wildman–Crippen LogP) is 4.80. The number of thiazole rings is 1. The number of hydrogen-bond acceptors (Lipinski definition) is 6. The van der Waals surface area contributed by atoms with Crippen molar-refractivity contribution in [2.24, 2.45) is 0 Å². The first-order chi connectivity index (χ1) is 14.4. The molecule has 0 atom stereocenters. The maximum Gasteiger partial charge on any atom is 0.185 e. The second-order valence-corrected chi connectivity index (χ2v) is 8.82. The van der Waals surface area contributed by atoms with Gasteiger partial charge in [0.25, 0.3) is 0 Å². The van der Waals surface area contributed by atoms with Gasteiger partial charge in [0.2, 0.25) is 0 Å². The summed E-state index contributed by atoms with van der Waals surface area (Å²) in [5.41, 5.74) is 4.54. The molecular formula is C23H23FN4OS. The lowest BCUT2D eigenvalue weighted by Crippen LogP contribution is -2.31. The quantitative estimate of drug-likeness (QED) is 0.553. The van der Waals surface area contributed by atoms with Crippen molar-refractivity contribution in [2.45, 2.75) is 33.6 Å². The molecule has 0 spiro atoms. The van der Waals surface area contributed by atoms with Gasteiger partial charge in [0, 0.05) is 30.4 Å². The Labute approximate surface area is 179 Å². The van der Waals surface area contributed by atoms with Crippen LogP contribution in [-0.2, 0) is 6.42 Å². The van der Waals surface area contributed by atoms with Gasteiger partial charge in [0.1, 0.15) is 5.82 Å². The molecule has 0 radical (unpaired) electrons. The van der Waals surface area contributed by atoms with E-state index in [0.29, 0.717) is 11.3 Å². The van der Waals surface area contributed by atoms with Crippen molar-refractivity contribution in [3.8, 4) is 0 Å². The lowest BCUT2D eigenvalue weighted by Gasteiger charge is -2.29. The van der Waals surface area contributed by atoms with E-state index in [1.165, 1.54) is 16.5 Å². The number of anilines is 1. The highest BCUT2D eigenvalue weighted by Crippen LogP contribution is 2.30. The smallest absolute Gasteiger partial charge is 0.185 e. The summed E-state index contributed by atoms with van der Waals surface area (Å²) in [7, 11) is 0. The third-order valence-electron chi connectivity index (χ3n) is 5.36. The van der Waals surface area contributed by atoms with Gasteiger partial charge in [-0.2, -0.15) is 0 Å². The van der Waals surface area contributed by atoms with Crippen molar-refractivity contribution >= 4 is 27.8 Å². The summed E-state index contributed by atoms with van der Waals surface area (Å²) in [6.45, 7) is 7.59. The lowest BCUT2D eigenvalue weighted by molar-refractivity contribution is 0.0987. The van der Waals surface area contributed by atoms with Crippen molar-refractivity contribution in [1.29, 1.82) is 0 Å². The number of ketones is 1. The highest BCUT2D eigenvalue weighted by atomic mass is 32.1. The molecule has 4 rings (SSSR count). The summed E-state index contributed by atoms with van der Waals surface area (Å²) in [4.78, 5) is 29.5. The predicted molar refractivity (Wildman–Crippen MR) is 117 cm³/mol. The van der Waals surface area contributed by atoms with E-state index in [0.717, 1.165) is 35.9 Å². The van der Waals surface area contributed by atoms with Gasteiger partial charge in [-0.25, -0.2) is 9.37 Å². The Balaban J connectivity index is 1.51. The maximum absolute atomic E-state index is 14.1. The molecule has 0 N–H and O–H groups in total. The number of carbonyl (C=O) groups is 1. The van der Waals surface area contributed by atoms with Gasteiger partial charge in [0.15, 0.2) is 10.9 Å². The van der Waals surface area contributed by atoms with E-state index in [1.807, 2.05) is 6.20 Å². The number of Topliss-reactive ketones (excluding diaryl/α,β-unsaturated/α-hetero) is 1. The molecule has 0 unspecified atom stereocenters. The molecule has 0 saturated carbocycles. The van der Waals surface area contributed by atoms with Crippen LogP contribution in [0.25, 0.3) is 5.57 Å². The molecular weight excluding hydrogens is 399 g/mol. The molecule has 0 saturated heterocycles. The average molecular weight is 423 g/mol. The monoisotopic (exact) mass is 422 g/mol. The minimum Gasteiger partial charge on any atom is -0.343 e. The van der Waals surface area contributed by atoms with E-state index in [1.54, 1.807) is 42.8 Å². The van der Waals surface area contributed by atoms with E-state index in [4.69, 9.17) is 0 Å². The molecule has 0 fully saturated rings. The average Bonchev–Trinajstić information content (AvgIpc) is 3.15. The van der Waals surface area contributed by atoms with Crippen LogP contribution in [0.1, 0.15) is 45.5 Å². The highest BCUT2D eigenvalue weighted by Gasteiger charge is 2.22. The van der Waals surface area contributed by atoms with E-state index in [-0.39, 0.29) is 17.8 Å². The number of nitrogens with zero attached hydrogens (tertiary/aromatic N) is 4. The van der Waals surface area contributed by atoms with Gasteiger partial charge in [-0.3, -0.25) is 14.8 Å². The third kappa shape index (κ3) is 4.16. The standard InChI is InChI=1S/C23H23FN4OS/c1-14-7-8-28(23-27-10-16(3)30-23)13-18(14)20-12-25-17(11-26-20)9-21(29)22-15(2)5-4-6-19(22)24/h4-6,10-12H,7-9,13H2,1-3H3. The normalized spacial score (nSPS) is 14.3. The van der Waals surface area contributed by atoms with Crippen molar-refractivity contribution in [1.82, 2.24) is 15.0 Å². The zero-order chi connectivity index (χ0) is 21.3. The van der Waals surface area contributed by atoms with Crippen LogP contribution in [0.3, 0.4) is 0 Å². The zero-order valence-electron chi connectivity index (χ0n) is 17.3. The number of carbonyl (C=O) groups excluding carboxylic acids is 1. The largest absolute Gasteiger partial charge is 0.343 e. The van der Waals surface area contributed by atoms with Gasteiger partial charge in [0.05, 0.1) is 29.6 Å². The topological polar surface area (TPSA) is 59.0 Å². The molecule has 0 bridgehead atoms. The molecule has 3 aromatic rings. The molecule has 7 heteroatoms. The molecule has 2 aromatic heterocycles. The van der Waals surface area contributed by atoms with E-state index in [9.17, 15) is 9.18 Å². The first kappa shape index (κ1) is 20.3. The fourth-order valence-corrected chi connectivity index (χ4v) is 4.43. The summed E-state index contributed by atoms with van der Waals surface area (Å²) in [5.74, 6) is -0.781. The molecule has 1 aliphatic heterocycles. The molecule has 1 aliphatic rings. The van der Waals surface area contributed by atoms with Crippen LogP contribution in [-0.4, -0.2) is 33.8 Å². The van der Waals surface area contributed by atoms with Crippen LogP contribution >= 0.6 is 11.3 Å². The van der Waals surface area contributed by atoms with Crippen LogP contribution in [0.2, 0.25) is 0 Å². The molecule has 3 heterocycles. The second kappa shape index (κ2) is 8.44. The van der Waals surface area contributed by atoms with E-state index >= 15 is 0 Å². The van der Waals surface area contributed by atoms with E-state index in [2.05, 4.69) is 33.7 Å². The van der Waals surface area contributed by atoms with Crippen LogP contribution in [0, 0.1) is 19.7 Å². The van der Waals surface area contributed by atoms with Crippen LogP contribution in [0.5, 0.6) is 0 Å². The zero-order valence-corrected chi connectivity index (χ0v) is 18.1. The van der Waals surface area contributed by atoms with Crippen LogP contribution in [0.15, 0.2) is 42.4 Å². The minimum atomic E-state index is -0.495. The summed E-state index contributed by atoms with van der Waals surface area (Å²) in [5, 5.41) is 1.02. The molecule has 5 nitrogen and oxygen atoms in total. The Hall–Kier alpha value is -2.93. The Kier molecular flexibility index (Phi) is 5.72. The fourth-order valence-electron chi connectivity index (χ4n) is 3.65. The van der Waals surface area contributed by atoms with E-state index < -0.39 is 5.82 Å². The van der Waals surface area contributed by atoms with Crippen molar-refractivity contribution in [3.63, 3.8) is 0 Å². The summed E-state index contributed by atoms with van der Waals surface area (Å²) in [6, 6.07) is 4.65. The summed E-state index contributed by atoms with van der Waals surface area (Å²) >= 11 is 1.69. The molecule has 30 heavy (non-hydrogen) atoms. The van der Waals surface area contributed by atoms with Crippen LogP contribution < -0.4 is 4.90 Å². The number of aryl methyl sites for hydroxylation is 2. The SMILES string of the molecule is CC1=C(c2cnc(CC(=O)c3c(C)cccc3F)cn2)CN(c2ncc(C)s2)CC1. The first-order valence-corrected chi connectivity index (χ1v) is 10.7. The summed E-state index contributed by atoms with van der Waals surface area (Å²) in [6.07, 6.45) is 6.20. The Morgan fingerprint density at radius 1 is 1.13 bits per heavy atom. The van der Waals surface area contributed by atoms with Gasteiger partial charge in [-0.05, 0) is 44.4 Å². The molecule has 0 amide bonds. The molecule has 154 valence electrons. The minimum absolute atomic E-state index is 0.0254.